The van der Waals surface area contributed by atoms with Gasteiger partial charge in [0.15, 0.2) is 0 Å². The Bertz CT molecular complexity index is 882. The molecule has 3 rings (SSSR count). The fourth-order valence-corrected chi connectivity index (χ4v) is 2.79. The molecule has 6 heteroatoms. The summed E-state index contributed by atoms with van der Waals surface area (Å²) in [4.78, 5) is 8.59. The Balaban J connectivity index is 1.53. The van der Waals surface area contributed by atoms with Gasteiger partial charge in [0.25, 0.3) is 0 Å². The van der Waals surface area contributed by atoms with E-state index in [0.29, 0.717) is 19.1 Å². The highest BCUT2D eigenvalue weighted by Gasteiger charge is 2.07. The van der Waals surface area contributed by atoms with E-state index in [1.807, 2.05) is 36.4 Å². The van der Waals surface area contributed by atoms with Gasteiger partial charge >= 0.3 is 0 Å². The van der Waals surface area contributed by atoms with Gasteiger partial charge in [-0.1, -0.05) is 32.0 Å². The molecule has 1 aromatic heterocycles. The molecule has 6 nitrogen and oxygen atoms in total. The summed E-state index contributed by atoms with van der Waals surface area (Å²) < 4.78 is 10.9. The lowest BCUT2D eigenvalue weighted by Crippen LogP contribution is -2.12. The van der Waals surface area contributed by atoms with Crippen LogP contribution in [0, 0.1) is 0 Å². The van der Waals surface area contributed by atoms with Gasteiger partial charge in [-0.05, 0) is 41.8 Å². The van der Waals surface area contributed by atoms with Gasteiger partial charge in [0.2, 0.25) is 0 Å². The Morgan fingerprint density at radius 1 is 0.929 bits per heavy atom. The lowest BCUT2D eigenvalue weighted by Gasteiger charge is -2.14. The van der Waals surface area contributed by atoms with Gasteiger partial charge in [0, 0.05) is 11.8 Å². The first-order valence-electron chi connectivity index (χ1n) is 9.34. The fourth-order valence-electron chi connectivity index (χ4n) is 2.79. The van der Waals surface area contributed by atoms with E-state index in [4.69, 9.17) is 9.47 Å². The molecular weight excluding hydrogens is 352 g/mol. The van der Waals surface area contributed by atoms with Crippen LogP contribution in [0.25, 0.3) is 0 Å². The Morgan fingerprint density at radius 2 is 1.64 bits per heavy atom. The summed E-state index contributed by atoms with van der Waals surface area (Å²) in [5, 5.41) is 6.65. The van der Waals surface area contributed by atoms with E-state index in [2.05, 4.69) is 52.6 Å². The molecule has 0 saturated heterocycles. The number of hydrogen-bond donors (Lipinski definition) is 2. The number of hydrogen-bond acceptors (Lipinski definition) is 6. The van der Waals surface area contributed by atoms with Gasteiger partial charge in [-0.25, -0.2) is 9.97 Å². The van der Waals surface area contributed by atoms with E-state index in [1.54, 1.807) is 13.4 Å². The number of methoxy groups -OCH3 is 1. The molecule has 28 heavy (non-hydrogen) atoms. The van der Waals surface area contributed by atoms with Crippen LogP contribution in [-0.2, 0) is 0 Å². The maximum atomic E-state index is 5.72. The number of anilines is 3. The second-order valence-corrected chi connectivity index (χ2v) is 6.61. The van der Waals surface area contributed by atoms with Crippen LogP contribution in [0.5, 0.6) is 11.5 Å². The van der Waals surface area contributed by atoms with Crippen molar-refractivity contribution < 1.29 is 9.47 Å². The molecule has 0 saturated carbocycles. The molecule has 2 aromatic carbocycles. The summed E-state index contributed by atoms with van der Waals surface area (Å²) >= 11 is 0. The van der Waals surface area contributed by atoms with Crippen molar-refractivity contribution in [2.24, 2.45) is 0 Å². The van der Waals surface area contributed by atoms with Crippen LogP contribution in [0.2, 0.25) is 0 Å². The Kier molecular flexibility index (Phi) is 6.68. The zero-order chi connectivity index (χ0) is 19.8. The maximum Gasteiger partial charge on any atom is 0.135 e. The third-order valence-corrected chi connectivity index (χ3v) is 4.25. The number of para-hydroxylation sites is 1. The summed E-state index contributed by atoms with van der Waals surface area (Å²) in [6.07, 6.45) is 1.55. The minimum Gasteiger partial charge on any atom is -0.497 e. The molecular formula is C22H26N4O2. The number of benzene rings is 2. The van der Waals surface area contributed by atoms with E-state index in [9.17, 15) is 0 Å². The summed E-state index contributed by atoms with van der Waals surface area (Å²) in [6, 6.07) is 17.7. The number of aromatic nitrogens is 2. The van der Waals surface area contributed by atoms with Crippen molar-refractivity contribution in [2.45, 2.75) is 19.8 Å². The molecule has 0 unspecified atom stereocenters. The second-order valence-electron chi connectivity index (χ2n) is 6.61. The first-order chi connectivity index (χ1) is 13.7. The van der Waals surface area contributed by atoms with E-state index in [-0.39, 0.29) is 0 Å². The zero-order valence-corrected chi connectivity index (χ0v) is 16.5. The smallest absolute Gasteiger partial charge is 0.135 e. The van der Waals surface area contributed by atoms with Gasteiger partial charge in [-0.3, -0.25) is 0 Å². The summed E-state index contributed by atoms with van der Waals surface area (Å²) in [6.45, 7) is 5.51. The third kappa shape index (κ3) is 5.36. The number of nitrogens with one attached hydrogen (secondary N) is 2. The summed E-state index contributed by atoms with van der Waals surface area (Å²) in [5.41, 5.74) is 2.31. The molecule has 0 fully saturated rings. The molecule has 0 spiro atoms. The zero-order valence-electron chi connectivity index (χ0n) is 16.5. The molecule has 0 aliphatic heterocycles. The van der Waals surface area contributed by atoms with Crippen molar-refractivity contribution in [3.63, 3.8) is 0 Å². The van der Waals surface area contributed by atoms with Gasteiger partial charge < -0.3 is 20.1 Å². The highest BCUT2D eigenvalue weighted by atomic mass is 16.5. The van der Waals surface area contributed by atoms with Crippen molar-refractivity contribution in [3.8, 4) is 11.5 Å². The van der Waals surface area contributed by atoms with Crippen molar-refractivity contribution >= 4 is 17.3 Å². The van der Waals surface area contributed by atoms with Crippen molar-refractivity contribution in [3.05, 3.63) is 66.5 Å². The quantitative estimate of drug-likeness (QED) is 0.519. The first-order valence-corrected chi connectivity index (χ1v) is 9.34. The normalized spacial score (nSPS) is 10.6. The van der Waals surface area contributed by atoms with Crippen molar-refractivity contribution in [2.75, 3.05) is 30.9 Å². The Morgan fingerprint density at radius 3 is 2.39 bits per heavy atom. The number of ether oxygens (including phenoxy) is 2. The average Bonchev–Trinajstić information content (AvgIpc) is 2.72. The van der Waals surface area contributed by atoms with Crippen LogP contribution in [0.4, 0.5) is 17.3 Å². The molecule has 0 bridgehead atoms. The van der Waals surface area contributed by atoms with Crippen molar-refractivity contribution in [1.82, 2.24) is 9.97 Å². The van der Waals surface area contributed by atoms with Gasteiger partial charge in [0.1, 0.15) is 36.1 Å². The molecule has 2 N–H and O–H groups in total. The van der Waals surface area contributed by atoms with Crippen LogP contribution >= 0.6 is 0 Å². The first kappa shape index (κ1) is 19.5. The largest absolute Gasteiger partial charge is 0.497 e. The molecule has 0 amide bonds. The van der Waals surface area contributed by atoms with E-state index in [1.165, 1.54) is 5.56 Å². The van der Waals surface area contributed by atoms with Gasteiger partial charge in [-0.15, -0.1) is 0 Å². The third-order valence-electron chi connectivity index (χ3n) is 4.25. The predicted molar refractivity (Wildman–Crippen MR) is 113 cm³/mol. The van der Waals surface area contributed by atoms with Gasteiger partial charge in [-0.2, -0.15) is 0 Å². The van der Waals surface area contributed by atoms with Crippen molar-refractivity contribution in [1.29, 1.82) is 0 Å². The van der Waals surface area contributed by atoms with Gasteiger partial charge in [0.05, 0.1) is 13.7 Å². The molecule has 3 aromatic rings. The standard InChI is InChI=1S/C22H26N4O2/c1-16(2)19-6-4-5-7-20(19)26-22-14-21(24-15-25-22)23-12-13-28-18-10-8-17(27-3)9-11-18/h4-11,14-16H,12-13H2,1-3H3,(H2,23,24,25,26). The molecule has 1 heterocycles. The van der Waals surface area contributed by atoms with Crippen LogP contribution in [0.3, 0.4) is 0 Å². The Labute approximate surface area is 166 Å². The SMILES string of the molecule is COc1ccc(OCCNc2cc(Nc3ccccc3C(C)C)ncn2)cc1. The van der Waals surface area contributed by atoms with Crippen LogP contribution in [0.1, 0.15) is 25.3 Å². The molecule has 0 aliphatic carbocycles. The number of nitrogens with zero attached hydrogens (tertiary/aromatic N) is 2. The summed E-state index contributed by atoms with van der Waals surface area (Å²) in [7, 11) is 1.64. The van der Waals surface area contributed by atoms with E-state index >= 15 is 0 Å². The average molecular weight is 378 g/mol. The molecule has 0 radical (unpaired) electrons. The highest BCUT2D eigenvalue weighted by Crippen LogP contribution is 2.26. The number of rotatable bonds is 9. The minimum atomic E-state index is 0.429. The highest BCUT2D eigenvalue weighted by molar-refractivity contribution is 5.63. The second kappa shape index (κ2) is 9.60. The topological polar surface area (TPSA) is 68.3 Å². The monoisotopic (exact) mass is 378 g/mol. The minimum absolute atomic E-state index is 0.429. The fraction of sp³-hybridized carbons (Fsp3) is 0.273. The lowest BCUT2D eigenvalue weighted by atomic mass is 10.0. The lowest BCUT2D eigenvalue weighted by molar-refractivity contribution is 0.331. The van der Waals surface area contributed by atoms with Crippen LogP contribution < -0.4 is 20.1 Å². The van der Waals surface area contributed by atoms with E-state index < -0.39 is 0 Å². The molecule has 146 valence electrons. The Hall–Kier alpha value is -3.28. The molecule has 0 aliphatic rings. The predicted octanol–water partition coefficient (Wildman–Crippen LogP) is 4.84. The summed E-state index contributed by atoms with van der Waals surface area (Å²) in [5.74, 6) is 3.54. The van der Waals surface area contributed by atoms with E-state index in [0.717, 1.165) is 28.8 Å². The van der Waals surface area contributed by atoms with Crippen LogP contribution in [0.15, 0.2) is 60.9 Å². The maximum absolute atomic E-state index is 5.72. The van der Waals surface area contributed by atoms with Crippen LogP contribution in [-0.4, -0.2) is 30.2 Å². The molecule has 0 atom stereocenters.